The molecule has 2 aromatic heterocycles. The van der Waals surface area contributed by atoms with E-state index in [-0.39, 0.29) is 17.9 Å². The fraction of sp³-hybridized carbons (Fsp3) is 0.714. The Balaban J connectivity index is 1.37. The van der Waals surface area contributed by atoms with E-state index in [1.165, 1.54) is 38.5 Å². The number of carbonyl (C=O) groups is 2. The zero-order valence-electron chi connectivity index (χ0n) is 21.6. The summed E-state index contributed by atoms with van der Waals surface area (Å²) in [4.78, 5) is 32.1. The summed E-state index contributed by atoms with van der Waals surface area (Å²) < 4.78 is 7.59. The molecule has 0 aromatic carbocycles. The summed E-state index contributed by atoms with van der Waals surface area (Å²) in [5, 5.41) is 3.38. The lowest BCUT2D eigenvalue weighted by atomic mass is 9.92. The van der Waals surface area contributed by atoms with E-state index in [0.717, 1.165) is 50.7 Å². The number of rotatable bonds is 6. The second-order valence-corrected chi connectivity index (χ2v) is 11.3. The average molecular weight is 483 g/mol. The third-order valence-electron chi connectivity index (χ3n) is 8.75. The molecule has 2 aromatic rings. The smallest absolute Gasteiger partial charge is 0.271 e. The van der Waals surface area contributed by atoms with Crippen LogP contribution in [0.25, 0.3) is 11.1 Å². The molecule has 1 saturated carbocycles. The molecule has 1 N–H and O–H groups in total. The number of furan rings is 1. The molecule has 7 heteroatoms. The fourth-order valence-corrected chi connectivity index (χ4v) is 6.49. The van der Waals surface area contributed by atoms with Crippen LogP contribution in [-0.4, -0.2) is 63.4 Å². The van der Waals surface area contributed by atoms with Crippen LogP contribution in [0.15, 0.2) is 22.8 Å². The first-order chi connectivity index (χ1) is 17.0. The Kier molecular flexibility index (Phi) is 7.24. The van der Waals surface area contributed by atoms with E-state index < -0.39 is 5.54 Å². The number of amides is 2. The van der Waals surface area contributed by atoms with Crippen molar-refractivity contribution in [3.05, 3.63) is 24.1 Å². The molecular weight excluding hydrogens is 440 g/mol. The van der Waals surface area contributed by atoms with Crippen molar-refractivity contribution in [1.82, 2.24) is 19.7 Å². The molecule has 2 fully saturated rings. The monoisotopic (exact) mass is 482 g/mol. The molecule has 1 saturated heterocycles. The number of fused-ring (bicyclic) bond motifs is 3. The van der Waals surface area contributed by atoms with E-state index in [4.69, 9.17) is 4.42 Å². The normalized spacial score (nSPS) is 27.0. The summed E-state index contributed by atoms with van der Waals surface area (Å²) in [7, 11) is 0. The molecule has 2 aliphatic heterocycles. The van der Waals surface area contributed by atoms with Crippen LogP contribution in [0.5, 0.6) is 0 Å². The van der Waals surface area contributed by atoms with E-state index in [1.807, 2.05) is 28.5 Å². The van der Waals surface area contributed by atoms with Gasteiger partial charge in [-0.1, -0.05) is 38.5 Å². The number of piperidine rings is 1. The molecule has 0 bridgehead atoms. The van der Waals surface area contributed by atoms with Gasteiger partial charge in [-0.15, -0.1) is 0 Å². The van der Waals surface area contributed by atoms with Crippen molar-refractivity contribution in [2.45, 2.75) is 109 Å². The van der Waals surface area contributed by atoms with Crippen molar-refractivity contribution in [2.75, 3.05) is 19.6 Å². The summed E-state index contributed by atoms with van der Waals surface area (Å²) in [6.45, 7) is 7.41. The van der Waals surface area contributed by atoms with Crippen LogP contribution >= 0.6 is 0 Å². The third kappa shape index (κ3) is 4.89. The van der Waals surface area contributed by atoms with Gasteiger partial charge in [0.15, 0.2) is 5.58 Å². The first-order valence-electron chi connectivity index (χ1n) is 13.9. The second kappa shape index (κ2) is 10.4. The summed E-state index contributed by atoms with van der Waals surface area (Å²) in [5.41, 5.74) is 1.30. The Morgan fingerprint density at radius 2 is 1.83 bits per heavy atom. The number of hydrogen-bond donors (Lipinski definition) is 1. The van der Waals surface area contributed by atoms with Gasteiger partial charge >= 0.3 is 0 Å². The minimum atomic E-state index is -0.927. The van der Waals surface area contributed by atoms with Crippen molar-refractivity contribution in [3.63, 3.8) is 0 Å². The topological polar surface area (TPSA) is 70.7 Å². The average Bonchev–Trinajstić information content (AvgIpc) is 3.41. The quantitative estimate of drug-likeness (QED) is 0.633. The van der Waals surface area contributed by atoms with Crippen LogP contribution in [0.3, 0.4) is 0 Å². The van der Waals surface area contributed by atoms with E-state index >= 15 is 0 Å². The molecular formula is C28H42N4O3. The van der Waals surface area contributed by atoms with Crippen LogP contribution in [0, 0.1) is 0 Å². The highest BCUT2D eigenvalue weighted by atomic mass is 16.3. The van der Waals surface area contributed by atoms with Gasteiger partial charge in [0, 0.05) is 37.3 Å². The summed E-state index contributed by atoms with van der Waals surface area (Å²) in [6.07, 6.45) is 14.5. The minimum Gasteiger partial charge on any atom is -0.463 e. The highest BCUT2D eigenvalue weighted by Gasteiger charge is 2.48. The lowest BCUT2D eigenvalue weighted by molar-refractivity contribution is -0.133. The number of carbonyl (C=O) groups excluding carboxylic acids is 2. The van der Waals surface area contributed by atoms with Crippen LogP contribution in [0.4, 0.5) is 0 Å². The number of hydrogen-bond acceptors (Lipinski definition) is 4. The van der Waals surface area contributed by atoms with Crippen LogP contribution in [-0.2, 0) is 11.3 Å². The lowest BCUT2D eigenvalue weighted by Gasteiger charge is -2.45. The van der Waals surface area contributed by atoms with Crippen molar-refractivity contribution >= 4 is 22.9 Å². The minimum absolute atomic E-state index is 0.0150. The predicted molar refractivity (Wildman–Crippen MR) is 137 cm³/mol. The Labute approximate surface area is 209 Å². The standard InChI is InChI=1S/C28H42N4O3/c1-21-11-8-9-15-30(21)16-10-17-32-26(33)24-19-25-23(14-18-35-25)31(24)20-28(32,2)27(34)29-22-12-6-4-3-5-7-13-22/h14,18-19,21-22H,3-13,15-17,20H2,1-2H3,(H,29,34)/t21-,28-/m1/s1. The molecule has 2 amide bonds. The van der Waals surface area contributed by atoms with Gasteiger partial charge in [-0.05, 0) is 52.5 Å². The lowest BCUT2D eigenvalue weighted by Crippen LogP contribution is -2.65. The Morgan fingerprint density at radius 3 is 2.60 bits per heavy atom. The SMILES string of the molecule is C[C@@H]1CCCCN1CCCN1C(=O)c2cc3occc3n2C[C@]1(C)C(=O)NC1CCCCCCC1. The molecule has 0 radical (unpaired) electrons. The molecule has 0 spiro atoms. The van der Waals surface area contributed by atoms with Gasteiger partial charge in [-0.2, -0.15) is 0 Å². The number of likely N-dealkylation sites (tertiary alicyclic amines) is 1. The molecule has 2 atom stereocenters. The van der Waals surface area contributed by atoms with E-state index in [0.29, 0.717) is 30.4 Å². The zero-order chi connectivity index (χ0) is 24.4. The van der Waals surface area contributed by atoms with Crippen molar-refractivity contribution in [3.8, 4) is 0 Å². The summed E-state index contributed by atoms with van der Waals surface area (Å²) >= 11 is 0. The molecule has 7 nitrogen and oxygen atoms in total. The van der Waals surface area contributed by atoms with Gasteiger partial charge in [-0.3, -0.25) is 9.59 Å². The molecule has 35 heavy (non-hydrogen) atoms. The maximum absolute atomic E-state index is 13.9. The highest BCUT2D eigenvalue weighted by Crippen LogP contribution is 2.33. The number of aromatic nitrogens is 1. The zero-order valence-corrected chi connectivity index (χ0v) is 21.6. The highest BCUT2D eigenvalue weighted by molar-refractivity contribution is 6.02. The van der Waals surface area contributed by atoms with Crippen molar-refractivity contribution < 1.29 is 14.0 Å². The molecule has 192 valence electrons. The van der Waals surface area contributed by atoms with Crippen LogP contribution in [0.2, 0.25) is 0 Å². The van der Waals surface area contributed by atoms with Gasteiger partial charge in [-0.25, -0.2) is 0 Å². The first-order valence-corrected chi connectivity index (χ1v) is 13.9. The maximum Gasteiger partial charge on any atom is 0.271 e. The molecule has 3 aliphatic rings. The Bertz CT molecular complexity index is 1030. The Morgan fingerprint density at radius 1 is 1.09 bits per heavy atom. The molecule has 1 aliphatic carbocycles. The molecule has 4 heterocycles. The molecule has 0 unspecified atom stereocenters. The van der Waals surface area contributed by atoms with Gasteiger partial charge in [0.25, 0.3) is 5.91 Å². The van der Waals surface area contributed by atoms with E-state index in [2.05, 4.69) is 17.1 Å². The summed E-state index contributed by atoms with van der Waals surface area (Å²) in [6, 6.07) is 4.53. The van der Waals surface area contributed by atoms with Crippen molar-refractivity contribution in [1.29, 1.82) is 0 Å². The van der Waals surface area contributed by atoms with Gasteiger partial charge in [0.1, 0.15) is 11.2 Å². The van der Waals surface area contributed by atoms with Gasteiger partial charge in [0.05, 0.1) is 18.3 Å². The first kappa shape index (κ1) is 24.4. The number of nitrogens with zero attached hydrogens (tertiary/aromatic N) is 3. The predicted octanol–water partition coefficient (Wildman–Crippen LogP) is 4.94. The maximum atomic E-state index is 13.9. The van der Waals surface area contributed by atoms with E-state index in [9.17, 15) is 9.59 Å². The van der Waals surface area contributed by atoms with Gasteiger partial charge in [0.2, 0.25) is 5.91 Å². The van der Waals surface area contributed by atoms with Crippen LogP contribution in [0.1, 0.15) is 95.0 Å². The largest absolute Gasteiger partial charge is 0.463 e. The molecule has 5 rings (SSSR count). The van der Waals surface area contributed by atoms with Gasteiger partial charge < -0.3 is 24.1 Å². The van der Waals surface area contributed by atoms with Crippen molar-refractivity contribution in [2.24, 2.45) is 0 Å². The fourth-order valence-electron chi connectivity index (χ4n) is 6.49. The number of nitrogens with one attached hydrogen (secondary N) is 1. The second-order valence-electron chi connectivity index (χ2n) is 11.3. The summed E-state index contributed by atoms with van der Waals surface area (Å²) in [5.74, 6) is -0.0802. The van der Waals surface area contributed by atoms with E-state index in [1.54, 1.807) is 6.26 Å². The third-order valence-corrected chi connectivity index (χ3v) is 8.75. The Hall–Kier alpha value is -2.28. The van der Waals surface area contributed by atoms with Crippen LogP contribution < -0.4 is 5.32 Å².